The minimum atomic E-state index is -3.14. The maximum absolute atomic E-state index is 11.3. The normalized spacial score (nSPS) is 11.9. The highest BCUT2D eigenvalue weighted by molar-refractivity contribution is 7.90. The molecule has 0 atom stereocenters. The van der Waals surface area contributed by atoms with Crippen LogP contribution in [0.4, 0.5) is 5.69 Å². The van der Waals surface area contributed by atoms with E-state index < -0.39 is 9.84 Å². The molecule has 5 heteroatoms. The molecule has 0 aliphatic heterocycles. The van der Waals surface area contributed by atoms with Gasteiger partial charge in [-0.25, -0.2) is 8.42 Å². The molecular weight excluding hydrogens is 212 g/mol. The summed E-state index contributed by atoms with van der Waals surface area (Å²) in [5, 5.41) is 0. The van der Waals surface area contributed by atoms with E-state index in [0.29, 0.717) is 4.90 Å². The monoisotopic (exact) mass is 226 g/mol. The molecule has 0 unspecified atom stereocenters. The Kier molecular flexibility index (Phi) is 3.47. The summed E-state index contributed by atoms with van der Waals surface area (Å²) in [5.74, 6) is 0. The molecule has 0 saturated carbocycles. The van der Waals surface area contributed by atoms with Gasteiger partial charge in [0.1, 0.15) is 0 Å². The van der Waals surface area contributed by atoms with E-state index >= 15 is 0 Å². The Hall–Kier alpha value is -1.36. The lowest BCUT2D eigenvalue weighted by Crippen LogP contribution is -2.14. The maximum atomic E-state index is 11.3. The van der Waals surface area contributed by atoms with Gasteiger partial charge in [0.2, 0.25) is 0 Å². The second-order valence-corrected chi connectivity index (χ2v) is 5.27. The van der Waals surface area contributed by atoms with Gasteiger partial charge in [0.25, 0.3) is 0 Å². The number of aliphatic imine (C=N–C) groups is 1. The van der Waals surface area contributed by atoms with E-state index in [1.165, 1.54) is 6.26 Å². The second-order valence-electron chi connectivity index (χ2n) is 3.25. The Bertz CT molecular complexity index is 466. The summed E-state index contributed by atoms with van der Waals surface area (Å²) in [4.78, 5) is 5.93. The Morgan fingerprint density at radius 2 is 2.07 bits per heavy atom. The first-order valence-electron chi connectivity index (χ1n) is 4.40. The highest BCUT2D eigenvalue weighted by Gasteiger charge is 2.08. The van der Waals surface area contributed by atoms with Gasteiger partial charge in [-0.1, -0.05) is 6.07 Å². The van der Waals surface area contributed by atoms with Crippen LogP contribution in [0.5, 0.6) is 0 Å². The number of sulfone groups is 1. The molecule has 0 aliphatic carbocycles. The smallest absolute Gasteiger partial charge is 0.175 e. The van der Waals surface area contributed by atoms with Crippen LogP contribution >= 0.6 is 0 Å². The third kappa shape index (κ3) is 3.06. The lowest BCUT2D eigenvalue weighted by molar-refractivity contribution is 0.602. The first-order chi connectivity index (χ1) is 6.95. The van der Waals surface area contributed by atoms with E-state index in [1.807, 2.05) is 13.1 Å². The molecule has 0 heterocycles. The molecule has 82 valence electrons. The van der Waals surface area contributed by atoms with Crippen molar-refractivity contribution in [1.82, 2.24) is 0 Å². The molecule has 0 spiro atoms. The van der Waals surface area contributed by atoms with Gasteiger partial charge in [-0.3, -0.25) is 4.99 Å². The Balaban J connectivity index is 3.14. The fourth-order valence-corrected chi connectivity index (χ4v) is 1.83. The zero-order valence-electron chi connectivity index (χ0n) is 9.01. The molecule has 15 heavy (non-hydrogen) atoms. The molecule has 0 N–H and O–H groups in total. The quantitative estimate of drug-likeness (QED) is 0.574. The number of anilines is 1. The van der Waals surface area contributed by atoms with Crippen molar-refractivity contribution >= 4 is 21.9 Å². The summed E-state index contributed by atoms with van der Waals surface area (Å²) >= 11 is 0. The van der Waals surface area contributed by atoms with Gasteiger partial charge in [0.15, 0.2) is 9.84 Å². The van der Waals surface area contributed by atoms with Crippen molar-refractivity contribution in [2.24, 2.45) is 4.99 Å². The molecule has 0 amide bonds. The van der Waals surface area contributed by atoms with Gasteiger partial charge in [-0.2, -0.15) is 0 Å². The Morgan fingerprint density at radius 3 is 2.60 bits per heavy atom. The minimum Gasteiger partial charge on any atom is -0.336 e. The third-order valence-electron chi connectivity index (χ3n) is 1.94. The van der Waals surface area contributed by atoms with E-state index in [9.17, 15) is 8.42 Å². The molecule has 0 aliphatic rings. The average Bonchev–Trinajstić information content (AvgIpc) is 2.17. The number of rotatable bonds is 3. The summed E-state index contributed by atoms with van der Waals surface area (Å²) in [5.41, 5.74) is 0.795. The summed E-state index contributed by atoms with van der Waals surface area (Å²) in [6.45, 7) is 0. The summed E-state index contributed by atoms with van der Waals surface area (Å²) < 4.78 is 22.6. The number of hydrogen-bond acceptors (Lipinski definition) is 3. The highest BCUT2D eigenvalue weighted by atomic mass is 32.2. The van der Waals surface area contributed by atoms with Gasteiger partial charge < -0.3 is 4.90 Å². The van der Waals surface area contributed by atoms with E-state index in [-0.39, 0.29) is 0 Å². The topological polar surface area (TPSA) is 49.7 Å². The van der Waals surface area contributed by atoms with Crippen molar-refractivity contribution in [2.45, 2.75) is 4.90 Å². The lowest BCUT2D eigenvalue weighted by atomic mass is 10.3. The lowest BCUT2D eigenvalue weighted by Gasteiger charge is -2.13. The van der Waals surface area contributed by atoms with Crippen LogP contribution in [0.2, 0.25) is 0 Å². The van der Waals surface area contributed by atoms with Gasteiger partial charge >= 0.3 is 0 Å². The summed E-state index contributed by atoms with van der Waals surface area (Å²) in [7, 11) is 0.333. The predicted molar refractivity (Wildman–Crippen MR) is 62.4 cm³/mol. The summed E-state index contributed by atoms with van der Waals surface area (Å²) in [6, 6.07) is 6.74. The highest BCUT2D eigenvalue weighted by Crippen LogP contribution is 2.17. The van der Waals surface area contributed by atoms with Gasteiger partial charge in [0, 0.05) is 26.0 Å². The van der Waals surface area contributed by atoms with Crippen LogP contribution in [0.1, 0.15) is 0 Å². The number of benzene rings is 1. The zero-order valence-corrected chi connectivity index (χ0v) is 9.82. The Morgan fingerprint density at radius 1 is 1.40 bits per heavy atom. The van der Waals surface area contributed by atoms with E-state index in [1.54, 1.807) is 36.5 Å². The SMILES string of the molecule is CN=CN(C)c1cccc(S(C)(=O)=O)c1. The van der Waals surface area contributed by atoms with Crippen molar-refractivity contribution in [3.8, 4) is 0 Å². The summed E-state index contributed by atoms with van der Waals surface area (Å²) in [6.07, 6.45) is 2.82. The van der Waals surface area contributed by atoms with E-state index in [0.717, 1.165) is 5.69 Å². The van der Waals surface area contributed by atoms with Gasteiger partial charge in [-0.15, -0.1) is 0 Å². The first kappa shape index (κ1) is 11.7. The molecule has 0 radical (unpaired) electrons. The van der Waals surface area contributed by atoms with Crippen LogP contribution in [0, 0.1) is 0 Å². The van der Waals surface area contributed by atoms with Crippen LogP contribution < -0.4 is 4.90 Å². The zero-order chi connectivity index (χ0) is 11.5. The third-order valence-corrected chi connectivity index (χ3v) is 3.05. The average molecular weight is 226 g/mol. The Labute approximate surface area is 90.2 Å². The molecular formula is C10H14N2O2S. The van der Waals surface area contributed by atoms with E-state index in [4.69, 9.17) is 0 Å². The maximum Gasteiger partial charge on any atom is 0.175 e. The number of nitrogens with zero attached hydrogens (tertiary/aromatic N) is 2. The predicted octanol–water partition coefficient (Wildman–Crippen LogP) is 1.18. The number of hydrogen-bond donors (Lipinski definition) is 0. The molecule has 4 nitrogen and oxygen atoms in total. The fourth-order valence-electron chi connectivity index (χ4n) is 1.17. The van der Waals surface area contributed by atoms with Gasteiger partial charge in [0.05, 0.1) is 11.2 Å². The molecule has 1 rings (SSSR count). The van der Waals surface area contributed by atoms with E-state index in [2.05, 4.69) is 4.99 Å². The van der Waals surface area contributed by atoms with Crippen molar-refractivity contribution in [3.05, 3.63) is 24.3 Å². The van der Waals surface area contributed by atoms with Crippen LogP contribution in [0.3, 0.4) is 0 Å². The molecule has 1 aromatic rings. The second kappa shape index (κ2) is 4.44. The van der Waals surface area contributed by atoms with Crippen molar-refractivity contribution in [2.75, 3.05) is 25.3 Å². The van der Waals surface area contributed by atoms with Crippen molar-refractivity contribution < 1.29 is 8.42 Å². The molecule has 0 aromatic heterocycles. The molecule has 0 fully saturated rings. The van der Waals surface area contributed by atoms with Crippen molar-refractivity contribution in [1.29, 1.82) is 0 Å². The fraction of sp³-hybridized carbons (Fsp3) is 0.300. The molecule has 0 saturated heterocycles. The largest absolute Gasteiger partial charge is 0.336 e. The minimum absolute atomic E-state index is 0.316. The van der Waals surface area contributed by atoms with Crippen LogP contribution in [-0.4, -0.2) is 35.1 Å². The standard InChI is InChI=1S/C10H14N2O2S/c1-11-8-12(2)9-5-4-6-10(7-9)15(3,13)14/h4-8H,1-3H3. The van der Waals surface area contributed by atoms with Gasteiger partial charge in [-0.05, 0) is 18.2 Å². The van der Waals surface area contributed by atoms with Crippen LogP contribution in [-0.2, 0) is 9.84 Å². The molecule has 1 aromatic carbocycles. The first-order valence-corrected chi connectivity index (χ1v) is 6.29. The van der Waals surface area contributed by atoms with Crippen LogP contribution in [0.15, 0.2) is 34.2 Å². The van der Waals surface area contributed by atoms with Crippen LogP contribution in [0.25, 0.3) is 0 Å². The molecule has 0 bridgehead atoms. The van der Waals surface area contributed by atoms with Crippen molar-refractivity contribution in [3.63, 3.8) is 0 Å².